The number of likely N-dealkylation sites (tertiary alicyclic amines) is 1. The number of aliphatic hydroxyl groups excluding tert-OH is 1. The van der Waals surface area contributed by atoms with Crippen molar-refractivity contribution in [2.75, 3.05) is 19.7 Å². The molecule has 2 atom stereocenters. The molecular formula is C16H19NO2. The highest BCUT2D eigenvalue weighted by molar-refractivity contribution is 5.94. The summed E-state index contributed by atoms with van der Waals surface area (Å²) in [6.07, 6.45) is 0. The van der Waals surface area contributed by atoms with E-state index in [4.69, 9.17) is 5.11 Å². The largest absolute Gasteiger partial charge is 0.384 e. The van der Waals surface area contributed by atoms with E-state index >= 15 is 0 Å². The Morgan fingerprint density at radius 2 is 1.84 bits per heavy atom. The van der Waals surface area contributed by atoms with E-state index in [-0.39, 0.29) is 12.5 Å². The Kier molecular flexibility index (Phi) is 4.24. The number of nitrogens with zero attached hydrogens (tertiary/aromatic N) is 1. The van der Waals surface area contributed by atoms with Crippen LogP contribution in [0.15, 0.2) is 24.3 Å². The average molecular weight is 257 g/mol. The lowest BCUT2D eigenvalue weighted by atomic mass is 10.0. The number of carbonyl (C=O) groups is 1. The van der Waals surface area contributed by atoms with Gasteiger partial charge < -0.3 is 10.0 Å². The van der Waals surface area contributed by atoms with Crippen LogP contribution in [0.3, 0.4) is 0 Å². The van der Waals surface area contributed by atoms with E-state index in [9.17, 15) is 4.79 Å². The summed E-state index contributed by atoms with van der Waals surface area (Å²) >= 11 is 0. The highest BCUT2D eigenvalue weighted by Crippen LogP contribution is 2.23. The van der Waals surface area contributed by atoms with E-state index in [2.05, 4.69) is 25.7 Å². The molecule has 100 valence electrons. The molecule has 0 bridgehead atoms. The maximum Gasteiger partial charge on any atom is 0.253 e. The molecule has 1 aliphatic heterocycles. The number of aliphatic hydroxyl groups is 1. The van der Waals surface area contributed by atoms with E-state index in [0.717, 1.165) is 18.7 Å². The molecule has 1 saturated heterocycles. The van der Waals surface area contributed by atoms with Crippen molar-refractivity contribution in [3.63, 3.8) is 0 Å². The lowest BCUT2D eigenvalue weighted by Crippen LogP contribution is -2.28. The van der Waals surface area contributed by atoms with Crippen molar-refractivity contribution in [1.82, 2.24) is 4.90 Å². The van der Waals surface area contributed by atoms with Crippen LogP contribution in [0, 0.1) is 23.7 Å². The van der Waals surface area contributed by atoms with Crippen LogP contribution in [-0.4, -0.2) is 35.6 Å². The van der Waals surface area contributed by atoms with E-state index in [1.54, 1.807) is 12.1 Å². The van der Waals surface area contributed by atoms with Gasteiger partial charge in [0.25, 0.3) is 5.91 Å². The lowest BCUT2D eigenvalue weighted by Gasteiger charge is -2.16. The maximum absolute atomic E-state index is 12.3. The first-order valence-electron chi connectivity index (χ1n) is 6.61. The van der Waals surface area contributed by atoms with Gasteiger partial charge in [-0.25, -0.2) is 0 Å². The van der Waals surface area contributed by atoms with E-state index in [1.165, 1.54) is 0 Å². The van der Waals surface area contributed by atoms with Gasteiger partial charge >= 0.3 is 0 Å². The first kappa shape index (κ1) is 13.6. The normalized spacial score (nSPS) is 21.9. The summed E-state index contributed by atoms with van der Waals surface area (Å²) in [5.74, 6) is 6.64. The zero-order valence-electron chi connectivity index (χ0n) is 11.4. The zero-order valence-corrected chi connectivity index (χ0v) is 11.4. The standard InChI is InChI=1S/C16H19NO2/c1-12-10-17(11-13(12)2)16(19)15-7-5-14(6-8-15)4-3-9-18/h5-8,12-13,18H,9-11H2,1-2H3. The molecular weight excluding hydrogens is 238 g/mol. The molecule has 0 radical (unpaired) electrons. The Morgan fingerprint density at radius 1 is 1.26 bits per heavy atom. The first-order valence-corrected chi connectivity index (χ1v) is 6.61. The van der Waals surface area contributed by atoms with Crippen molar-refractivity contribution in [3.05, 3.63) is 35.4 Å². The molecule has 2 unspecified atom stereocenters. The highest BCUT2D eigenvalue weighted by atomic mass is 16.2. The number of amides is 1. The number of hydrogen-bond donors (Lipinski definition) is 1. The molecule has 19 heavy (non-hydrogen) atoms. The molecule has 1 fully saturated rings. The molecule has 1 aliphatic rings. The predicted octanol–water partition coefficient (Wildman–Crippen LogP) is 1.76. The number of hydrogen-bond acceptors (Lipinski definition) is 2. The van der Waals surface area contributed by atoms with Crippen molar-refractivity contribution >= 4 is 5.91 Å². The van der Waals surface area contributed by atoms with Crippen LogP contribution >= 0.6 is 0 Å². The molecule has 2 rings (SSSR count). The Bertz CT molecular complexity index is 500. The fourth-order valence-electron chi connectivity index (χ4n) is 2.32. The molecule has 3 heteroatoms. The van der Waals surface area contributed by atoms with Crippen LogP contribution in [0.1, 0.15) is 29.8 Å². The fraction of sp³-hybridized carbons (Fsp3) is 0.438. The minimum atomic E-state index is -0.149. The molecule has 1 amide bonds. The second-order valence-electron chi connectivity index (χ2n) is 5.20. The summed E-state index contributed by atoms with van der Waals surface area (Å²) < 4.78 is 0. The predicted molar refractivity (Wildman–Crippen MR) is 74.6 cm³/mol. The van der Waals surface area contributed by atoms with Crippen LogP contribution in [-0.2, 0) is 0 Å². The number of carbonyl (C=O) groups excluding carboxylic acids is 1. The minimum Gasteiger partial charge on any atom is -0.384 e. The molecule has 1 aromatic rings. The quantitative estimate of drug-likeness (QED) is 0.779. The maximum atomic E-state index is 12.3. The van der Waals surface area contributed by atoms with Gasteiger partial charge in [0.05, 0.1) is 0 Å². The van der Waals surface area contributed by atoms with Crippen molar-refractivity contribution < 1.29 is 9.90 Å². The molecule has 0 spiro atoms. The first-order chi connectivity index (χ1) is 9.11. The topological polar surface area (TPSA) is 40.5 Å². The van der Waals surface area contributed by atoms with Crippen molar-refractivity contribution in [1.29, 1.82) is 0 Å². The fourth-order valence-corrected chi connectivity index (χ4v) is 2.32. The molecule has 0 aromatic heterocycles. The number of rotatable bonds is 1. The SMILES string of the molecule is CC1CN(C(=O)c2ccc(C#CCO)cc2)CC1C. The summed E-state index contributed by atoms with van der Waals surface area (Å²) in [6.45, 7) is 5.90. The Hall–Kier alpha value is -1.79. The molecule has 3 nitrogen and oxygen atoms in total. The Labute approximate surface area is 114 Å². The summed E-state index contributed by atoms with van der Waals surface area (Å²) in [7, 11) is 0. The second-order valence-corrected chi connectivity index (χ2v) is 5.20. The van der Waals surface area contributed by atoms with Crippen molar-refractivity contribution in [3.8, 4) is 11.8 Å². The van der Waals surface area contributed by atoms with Gasteiger partial charge in [-0.1, -0.05) is 25.7 Å². The van der Waals surface area contributed by atoms with Gasteiger partial charge in [-0.15, -0.1) is 0 Å². The molecule has 1 heterocycles. The van der Waals surface area contributed by atoms with Crippen LogP contribution in [0.4, 0.5) is 0 Å². The average Bonchev–Trinajstić information content (AvgIpc) is 2.76. The van der Waals surface area contributed by atoms with Gasteiger partial charge in [0.2, 0.25) is 0 Å². The highest BCUT2D eigenvalue weighted by Gasteiger charge is 2.29. The van der Waals surface area contributed by atoms with Gasteiger partial charge in [-0.3, -0.25) is 4.79 Å². The minimum absolute atomic E-state index is 0.0952. The third-order valence-electron chi connectivity index (χ3n) is 3.72. The summed E-state index contributed by atoms with van der Waals surface area (Å²) in [6, 6.07) is 7.24. The van der Waals surface area contributed by atoms with Gasteiger partial charge in [-0.05, 0) is 36.1 Å². The van der Waals surface area contributed by atoms with E-state index in [1.807, 2.05) is 17.0 Å². The molecule has 0 aliphatic carbocycles. The third kappa shape index (κ3) is 3.15. The molecule has 1 aromatic carbocycles. The summed E-state index contributed by atoms with van der Waals surface area (Å²) in [4.78, 5) is 14.2. The number of benzene rings is 1. The van der Waals surface area contributed by atoms with Crippen LogP contribution in [0.5, 0.6) is 0 Å². The summed E-state index contributed by atoms with van der Waals surface area (Å²) in [5.41, 5.74) is 1.52. The second kappa shape index (κ2) is 5.90. The molecule has 0 saturated carbocycles. The zero-order chi connectivity index (χ0) is 13.8. The monoisotopic (exact) mass is 257 g/mol. The van der Waals surface area contributed by atoms with Crippen LogP contribution < -0.4 is 0 Å². The molecule has 1 N–H and O–H groups in total. The van der Waals surface area contributed by atoms with E-state index < -0.39 is 0 Å². The summed E-state index contributed by atoms with van der Waals surface area (Å²) in [5, 5.41) is 8.63. The van der Waals surface area contributed by atoms with Crippen LogP contribution in [0.2, 0.25) is 0 Å². The van der Waals surface area contributed by atoms with Crippen LogP contribution in [0.25, 0.3) is 0 Å². The van der Waals surface area contributed by atoms with Crippen molar-refractivity contribution in [2.24, 2.45) is 11.8 Å². The third-order valence-corrected chi connectivity index (χ3v) is 3.72. The van der Waals surface area contributed by atoms with Gasteiger partial charge in [0.1, 0.15) is 6.61 Å². The van der Waals surface area contributed by atoms with Gasteiger partial charge in [0.15, 0.2) is 0 Å². The van der Waals surface area contributed by atoms with Gasteiger partial charge in [0, 0.05) is 24.2 Å². The smallest absolute Gasteiger partial charge is 0.253 e. The Morgan fingerprint density at radius 3 is 2.37 bits per heavy atom. The van der Waals surface area contributed by atoms with E-state index in [0.29, 0.717) is 17.4 Å². The van der Waals surface area contributed by atoms with Gasteiger partial charge in [-0.2, -0.15) is 0 Å². The lowest BCUT2D eigenvalue weighted by molar-refractivity contribution is 0.0785. The van der Waals surface area contributed by atoms with Crippen molar-refractivity contribution in [2.45, 2.75) is 13.8 Å². The Balaban J connectivity index is 2.08.